The van der Waals surface area contributed by atoms with Gasteiger partial charge in [-0.3, -0.25) is 10.2 Å². The van der Waals surface area contributed by atoms with Crippen LogP contribution >= 0.6 is 0 Å². The number of hydrogen-bond donors (Lipinski definition) is 3. The van der Waals surface area contributed by atoms with E-state index in [0.717, 1.165) is 5.56 Å². The molecule has 6 nitrogen and oxygen atoms in total. The molecule has 0 atom stereocenters. The molecule has 0 fully saturated rings. The van der Waals surface area contributed by atoms with Gasteiger partial charge in [0.1, 0.15) is 5.75 Å². The topological polar surface area (TPSA) is 87.1 Å². The van der Waals surface area contributed by atoms with Crippen LogP contribution in [0.25, 0.3) is 0 Å². The first kappa shape index (κ1) is 13.0. The number of phenolic OH excluding ortho intramolecular Hbond substituents is 1. The fourth-order valence-electron chi connectivity index (χ4n) is 1.55. The zero-order chi connectivity index (χ0) is 13.7. The van der Waals surface area contributed by atoms with Crippen LogP contribution < -0.4 is 10.9 Å². The van der Waals surface area contributed by atoms with Crippen molar-refractivity contribution in [3.05, 3.63) is 53.6 Å². The Kier molecular flexibility index (Phi) is 4.04. The van der Waals surface area contributed by atoms with Crippen molar-refractivity contribution in [3.8, 4) is 5.75 Å². The van der Waals surface area contributed by atoms with Crippen LogP contribution in [0, 0.1) is 6.92 Å². The van der Waals surface area contributed by atoms with Gasteiger partial charge in [0.2, 0.25) is 5.82 Å². The summed E-state index contributed by atoms with van der Waals surface area (Å²) in [6, 6.07) is 7.07. The minimum absolute atomic E-state index is 0.0865. The lowest BCUT2D eigenvalue weighted by atomic mass is 10.1. The number of nitrogens with one attached hydrogen (secondary N) is 2. The number of benzene rings is 1. The van der Waals surface area contributed by atoms with Gasteiger partial charge in [0, 0.05) is 24.5 Å². The number of aromatic nitrogens is 2. The lowest BCUT2D eigenvalue weighted by Gasteiger charge is -2.09. The first-order valence-corrected chi connectivity index (χ1v) is 5.76. The van der Waals surface area contributed by atoms with Gasteiger partial charge in [-0.05, 0) is 18.6 Å². The molecule has 2 aromatic rings. The van der Waals surface area contributed by atoms with E-state index in [4.69, 9.17) is 0 Å². The molecule has 0 radical (unpaired) electrons. The Bertz CT molecular complexity index is 572. The normalized spacial score (nSPS) is 10.2. The number of nitrogens with zero attached hydrogens (tertiary/aromatic N) is 2. The maximum Gasteiger partial charge on any atom is 0.303 e. The van der Waals surface area contributed by atoms with E-state index in [1.807, 2.05) is 19.1 Å². The van der Waals surface area contributed by atoms with E-state index >= 15 is 0 Å². The fraction of sp³-hybridized carbons (Fsp3) is 0.154. The number of para-hydroxylation sites is 1. The van der Waals surface area contributed by atoms with E-state index in [9.17, 15) is 9.90 Å². The van der Waals surface area contributed by atoms with Gasteiger partial charge in [0.05, 0.1) is 0 Å². The molecule has 1 aromatic carbocycles. The van der Waals surface area contributed by atoms with Crippen molar-refractivity contribution in [2.24, 2.45) is 0 Å². The lowest BCUT2D eigenvalue weighted by Crippen LogP contribution is -2.37. The standard InChI is InChI=1S/C13H14N4O2/c1-9-4-2-5-10(11(9)18)8-16-17-13(19)12-14-6-3-7-15-12/h2-7,16,18H,8H2,1H3,(H,17,19). The van der Waals surface area contributed by atoms with Gasteiger partial charge in [-0.25, -0.2) is 15.4 Å². The van der Waals surface area contributed by atoms with Crippen LogP contribution in [0.4, 0.5) is 0 Å². The zero-order valence-corrected chi connectivity index (χ0v) is 10.4. The summed E-state index contributed by atoms with van der Waals surface area (Å²) in [5, 5.41) is 9.80. The SMILES string of the molecule is Cc1cccc(CNNC(=O)c2ncccn2)c1O. The molecule has 0 bridgehead atoms. The highest BCUT2D eigenvalue weighted by Crippen LogP contribution is 2.20. The minimum Gasteiger partial charge on any atom is -0.507 e. The van der Waals surface area contributed by atoms with Crippen molar-refractivity contribution in [2.45, 2.75) is 13.5 Å². The monoisotopic (exact) mass is 258 g/mol. The molecule has 19 heavy (non-hydrogen) atoms. The molecule has 0 aliphatic carbocycles. The zero-order valence-electron chi connectivity index (χ0n) is 10.4. The summed E-state index contributed by atoms with van der Waals surface area (Å²) in [7, 11) is 0. The molecule has 1 heterocycles. The average Bonchev–Trinajstić information content (AvgIpc) is 2.44. The van der Waals surface area contributed by atoms with Crippen LogP contribution in [-0.4, -0.2) is 21.0 Å². The van der Waals surface area contributed by atoms with Crippen LogP contribution in [0.5, 0.6) is 5.75 Å². The van der Waals surface area contributed by atoms with E-state index < -0.39 is 5.91 Å². The summed E-state index contributed by atoms with van der Waals surface area (Å²) in [6.07, 6.45) is 2.99. The molecule has 98 valence electrons. The molecule has 1 aromatic heterocycles. The van der Waals surface area contributed by atoms with Gasteiger partial charge in [0.25, 0.3) is 0 Å². The number of aryl methyl sites for hydroxylation is 1. The summed E-state index contributed by atoms with van der Waals surface area (Å²) < 4.78 is 0. The molecule has 0 saturated carbocycles. The third-order valence-corrected chi connectivity index (χ3v) is 2.57. The Labute approximate surface area is 110 Å². The van der Waals surface area contributed by atoms with Crippen LogP contribution in [0.15, 0.2) is 36.7 Å². The van der Waals surface area contributed by atoms with Crippen LogP contribution in [0.1, 0.15) is 21.7 Å². The highest BCUT2D eigenvalue weighted by atomic mass is 16.3. The number of aromatic hydroxyl groups is 1. The number of amides is 1. The molecule has 1 amide bonds. The predicted octanol–water partition coefficient (Wildman–Crippen LogP) is 0.925. The minimum atomic E-state index is -0.423. The van der Waals surface area contributed by atoms with Gasteiger partial charge in [-0.15, -0.1) is 0 Å². The summed E-state index contributed by atoms with van der Waals surface area (Å²) in [6.45, 7) is 2.13. The Morgan fingerprint density at radius 2 is 2.00 bits per heavy atom. The van der Waals surface area contributed by atoms with E-state index in [2.05, 4.69) is 20.8 Å². The fourth-order valence-corrected chi connectivity index (χ4v) is 1.55. The largest absolute Gasteiger partial charge is 0.507 e. The molecule has 0 aliphatic heterocycles. The van der Waals surface area contributed by atoms with E-state index in [-0.39, 0.29) is 11.6 Å². The molecule has 0 unspecified atom stereocenters. The maximum absolute atomic E-state index is 11.6. The second-order valence-corrected chi connectivity index (χ2v) is 3.96. The summed E-state index contributed by atoms with van der Waals surface area (Å²) in [4.78, 5) is 19.3. The molecule has 0 aliphatic rings. The van der Waals surface area contributed by atoms with Gasteiger partial charge in [-0.1, -0.05) is 18.2 Å². The Morgan fingerprint density at radius 1 is 1.26 bits per heavy atom. The molecule has 0 saturated heterocycles. The lowest BCUT2D eigenvalue weighted by molar-refractivity contribution is 0.0921. The first-order valence-electron chi connectivity index (χ1n) is 5.76. The second-order valence-electron chi connectivity index (χ2n) is 3.96. The number of carbonyl (C=O) groups is 1. The van der Waals surface area contributed by atoms with E-state index in [0.29, 0.717) is 12.1 Å². The number of rotatable bonds is 4. The molecule has 0 spiro atoms. The Balaban J connectivity index is 1.90. The molecule has 3 N–H and O–H groups in total. The highest BCUT2D eigenvalue weighted by molar-refractivity contribution is 5.89. The van der Waals surface area contributed by atoms with Crippen LogP contribution in [0.2, 0.25) is 0 Å². The summed E-state index contributed by atoms with van der Waals surface area (Å²) >= 11 is 0. The average molecular weight is 258 g/mol. The molecular weight excluding hydrogens is 244 g/mol. The smallest absolute Gasteiger partial charge is 0.303 e. The van der Waals surface area contributed by atoms with Crippen molar-refractivity contribution in [3.63, 3.8) is 0 Å². The molecule has 2 rings (SSSR count). The predicted molar refractivity (Wildman–Crippen MR) is 69.2 cm³/mol. The van der Waals surface area contributed by atoms with E-state index in [1.165, 1.54) is 12.4 Å². The van der Waals surface area contributed by atoms with Gasteiger partial charge in [-0.2, -0.15) is 0 Å². The van der Waals surface area contributed by atoms with Crippen LogP contribution in [-0.2, 0) is 6.54 Å². The number of hydrazine groups is 1. The third-order valence-electron chi connectivity index (χ3n) is 2.57. The third kappa shape index (κ3) is 3.26. The molecular formula is C13H14N4O2. The van der Waals surface area contributed by atoms with Crippen molar-refractivity contribution < 1.29 is 9.90 Å². The first-order chi connectivity index (χ1) is 9.18. The number of phenols is 1. The van der Waals surface area contributed by atoms with Gasteiger partial charge >= 0.3 is 5.91 Å². The van der Waals surface area contributed by atoms with Crippen LogP contribution in [0.3, 0.4) is 0 Å². The van der Waals surface area contributed by atoms with Crippen molar-refractivity contribution in [1.82, 2.24) is 20.8 Å². The number of hydrogen-bond acceptors (Lipinski definition) is 5. The second kappa shape index (κ2) is 5.92. The molecule has 6 heteroatoms. The number of carbonyl (C=O) groups excluding carboxylic acids is 1. The summed E-state index contributed by atoms with van der Waals surface area (Å²) in [5.74, 6) is -0.114. The quantitative estimate of drug-likeness (QED) is 0.710. The van der Waals surface area contributed by atoms with Crippen molar-refractivity contribution in [2.75, 3.05) is 0 Å². The van der Waals surface area contributed by atoms with E-state index in [1.54, 1.807) is 12.1 Å². The van der Waals surface area contributed by atoms with Crippen molar-refractivity contribution in [1.29, 1.82) is 0 Å². The van der Waals surface area contributed by atoms with Crippen molar-refractivity contribution >= 4 is 5.91 Å². The Morgan fingerprint density at radius 3 is 2.74 bits per heavy atom. The van der Waals surface area contributed by atoms with Gasteiger partial charge in [0.15, 0.2) is 0 Å². The highest BCUT2D eigenvalue weighted by Gasteiger charge is 2.08. The maximum atomic E-state index is 11.6. The summed E-state index contributed by atoms with van der Waals surface area (Å²) in [5.41, 5.74) is 6.69. The Hall–Kier alpha value is -2.47. The van der Waals surface area contributed by atoms with Gasteiger partial charge < -0.3 is 5.11 Å².